The van der Waals surface area contributed by atoms with Gasteiger partial charge in [0, 0.05) is 32.5 Å². The molecule has 3 aromatic rings. The Balaban J connectivity index is 1.58. The van der Waals surface area contributed by atoms with Gasteiger partial charge < -0.3 is 14.3 Å². The molecule has 116 valence electrons. The van der Waals surface area contributed by atoms with E-state index in [1.54, 1.807) is 6.20 Å². The molecule has 0 amide bonds. The van der Waals surface area contributed by atoms with Gasteiger partial charge in [0.2, 0.25) is 11.7 Å². The van der Waals surface area contributed by atoms with Crippen LogP contribution in [0.15, 0.2) is 47.2 Å². The second-order valence-electron chi connectivity index (χ2n) is 5.42. The maximum atomic E-state index is 5.39. The van der Waals surface area contributed by atoms with E-state index in [4.69, 9.17) is 4.52 Å². The van der Waals surface area contributed by atoms with Crippen molar-refractivity contribution in [2.24, 2.45) is 0 Å². The number of rotatable bonds is 3. The topological polar surface area (TPSA) is 71.2 Å². The van der Waals surface area contributed by atoms with Crippen LogP contribution in [0, 0.1) is 0 Å². The number of hydrogen-bond donors (Lipinski definition) is 0. The highest BCUT2D eigenvalue weighted by Crippen LogP contribution is 2.30. The molecule has 0 saturated heterocycles. The Morgan fingerprint density at radius 3 is 2.87 bits per heavy atom. The second-order valence-corrected chi connectivity index (χ2v) is 5.42. The molecular formula is C16H16N6O. The molecular weight excluding hydrogens is 292 g/mol. The molecule has 7 heteroatoms. The first-order chi connectivity index (χ1) is 11.3. The van der Waals surface area contributed by atoms with Gasteiger partial charge in [0.15, 0.2) is 5.82 Å². The molecule has 4 heterocycles. The van der Waals surface area contributed by atoms with E-state index in [0.717, 1.165) is 24.6 Å². The number of fused-ring (bicyclic) bond motifs is 1. The summed E-state index contributed by atoms with van der Waals surface area (Å²) in [5.74, 6) is 2.06. The fourth-order valence-electron chi connectivity index (χ4n) is 2.67. The summed E-state index contributed by atoms with van der Waals surface area (Å²) in [6.07, 6.45) is 3.53. The first-order valence-electron chi connectivity index (χ1n) is 7.46. The number of hydrogen-bond acceptors (Lipinski definition) is 7. The lowest BCUT2D eigenvalue weighted by Crippen LogP contribution is -2.39. The highest BCUT2D eigenvalue weighted by molar-refractivity contribution is 5.68. The van der Waals surface area contributed by atoms with E-state index < -0.39 is 0 Å². The molecule has 0 saturated carbocycles. The molecule has 0 aliphatic carbocycles. The van der Waals surface area contributed by atoms with Crippen LogP contribution in [0.1, 0.15) is 5.89 Å². The smallest absolute Gasteiger partial charge is 0.246 e. The van der Waals surface area contributed by atoms with Crippen molar-refractivity contribution >= 4 is 11.5 Å². The van der Waals surface area contributed by atoms with E-state index in [1.807, 2.05) is 30.5 Å². The van der Waals surface area contributed by atoms with Crippen molar-refractivity contribution in [1.29, 1.82) is 0 Å². The van der Waals surface area contributed by atoms with Crippen LogP contribution in [0.2, 0.25) is 0 Å². The van der Waals surface area contributed by atoms with E-state index >= 15 is 0 Å². The van der Waals surface area contributed by atoms with Gasteiger partial charge in [-0.2, -0.15) is 4.98 Å². The molecule has 4 rings (SSSR count). The van der Waals surface area contributed by atoms with Crippen molar-refractivity contribution < 1.29 is 4.52 Å². The maximum Gasteiger partial charge on any atom is 0.246 e. The van der Waals surface area contributed by atoms with Crippen LogP contribution in [0.4, 0.5) is 11.5 Å². The third kappa shape index (κ3) is 2.61. The second kappa shape index (κ2) is 5.68. The molecule has 0 atom stereocenters. The Bertz CT molecular complexity index is 803. The average molecular weight is 308 g/mol. The van der Waals surface area contributed by atoms with Gasteiger partial charge in [0.1, 0.15) is 5.69 Å². The van der Waals surface area contributed by atoms with Crippen molar-refractivity contribution in [2.45, 2.75) is 6.54 Å². The van der Waals surface area contributed by atoms with E-state index in [2.05, 4.69) is 43.0 Å². The van der Waals surface area contributed by atoms with Crippen LogP contribution in [-0.2, 0) is 6.54 Å². The number of nitrogens with zero attached hydrogens (tertiary/aromatic N) is 6. The molecule has 23 heavy (non-hydrogen) atoms. The lowest BCUT2D eigenvalue weighted by molar-refractivity contribution is 0.376. The minimum atomic E-state index is 0.515. The number of anilines is 2. The summed E-state index contributed by atoms with van der Waals surface area (Å²) >= 11 is 0. The quantitative estimate of drug-likeness (QED) is 0.732. The molecule has 1 aliphatic rings. The Morgan fingerprint density at radius 1 is 1.09 bits per heavy atom. The molecule has 0 unspecified atom stereocenters. The third-order valence-electron chi connectivity index (χ3n) is 3.86. The highest BCUT2D eigenvalue weighted by atomic mass is 16.5. The molecule has 0 aromatic carbocycles. The van der Waals surface area contributed by atoms with Crippen LogP contribution in [0.5, 0.6) is 0 Å². The molecule has 1 aliphatic heterocycles. The normalized spacial score (nSPS) is 14.0. The van der Waals surface area contributed by atoms with Gasteiger partial charge >= 0.3 is 0 Å². The monoisotopic (exact) mass is 308 g/mol. The van der Waals surface area contributed by atoms with E-state index in [1.165, 1.54) is 0 Å². The minimum Gasteiger partial charge on any atom is -0.357 e. The largest absolute Gasteiger partial charge is 0.357 e. The molecule has 0 radical (unpaired) electrons. The van der Waals surface area contributed by atoms with E-state index in [0.29, 0.717) is 24.0 Å². The summed E-state index contributed by atoms with van der Waals surface area (Å²) < 4.78 is 5.39. The summed E-state index contributed by atoms with van der Waals surface area (Å²) in [5.41, 5.74) is 1.79. The van der Waals surface area contributed by atoms with Gasteiger partial charge in [-0.15, -0.1) is 0 Å². The van der Waals surface area contributed by atoms with Crippen LogP contribution < -0.4 is 9.80 Å². The Hall–Kier alpha value is -2.96. The van der Waals surface area contributed by atoms with Crippen molar-refractivity contribution in [2.75, 3.05) is 29.9 Å². The first-order valence-corrected chi connectivity index (χ1v) is 7.46. The maximum absolute atomic E-state index is 5.39. The lowest BCUT2D eigenvalue weighted by atomic mass is 10.2. The van der Waals surface area contributed by atoms with Crippen molar-refractivity contribution in [1.82, 2.24) is 20.1 Å². The van der Waals surface area contributed by atoms with Crippen LogP contribution in [0.3, 0.4) is 0 Å². The summed E-state index contributed by atoms with van der Waals surface area (Å²) in [6, 6.07) is 9.63. The van der Waals surface area contributed by atoms with Gasteiger partial charge in [-0.1, -0.05) is 11.2 Å². The number of pyridine rings is 2. The van der Waals surface area contributed by atoms with Gasteiger partial charge in [-0.05, 0) is 24.3 Å². The predicted molar refractivity (Wildman–Crippen MR) is 86.1 cm³/mol. The number of aromatic nitrogens is 4. The highest BCUT2D eigenvalue weighted by Gasteiger charge is 2.23. The van der Waals surface area contributed by atoms with Crippen LogP contribution in [0.25, 0.3) is 11.5 Å². The first kappa shape index (κ1) is 13.7. The van der Waals surface area contributed by atoms with Gasteiger partial charge in [-0.3, -0.25) is 4.98 Å². The van der Waals surface area contributed by atoms with Crippen LogP contribution in [-0.4, -0.2) is 40.2 Å². The molecule has 0 bridgehead atoms. The van der Waals surface area contributed by atoms with Gasteiger partial charge in [0.25, 0.3) is 0 Å². The van der Waals surface area contributed by atoms with Crippen LogP contribution >= 0.6 is 0 Å². The van der Waals surface area contributed by atoms with Gasteiger partial charge in [0.05, 0.1) is 12.2 Å². The average Bonchev–Trinajstić information content (AvgIpc) is 3.07. The zero-order valence-corrected chi connectivity index (χ0v) is 12.8. The molecule has 0 N–H and O–H groups in total. The zero-order chi connectivity index (χ0) is 15.6. The summed E-state index contributed by atoms with van der Waals surface area (Å²) in [4.78, 5) is 17.5. The van der Waals surface area contributed by atoms with Crippen molar-refractivity contribution in [3.8, 4) is 11.5 Å². The summed E-state index contributed by atoms with van der Waals surface area (Å²) in [7, 11) is 2.05. The third-order valence-corrected chi connectivity index (χ3v) is 3.86. The molecule has 3 aromatic heterocycles. The number of likely N-dealkylation sites (N-methyl/N-ethyl adjacent to an activating group) is 1. The molecule has 0 fully saturated rings. The zero-order valence-electron chi connectivity index (χ0n) is 12.8. The van der Waals surface area contributed by atoms with E-state index in [-0.39, 0.29) is 0 Å². The fourth-order valence-corrected chi connectivity index (χ4v) is 2.67. The molecule has 7 nitrogen and oxygen atoms in total. The van der Waals surface area contributed by atoms with Crippen molar-refractivity contribution in [3.63, 3.8) is 0 Å². The Labute approximate surface area is 133 Å². The summed E-state index contributed by atoms with van der Waals surface area (Å²) in [6.45, 7) is 2.36. The minimum absolute atomic E-state index is 0.515. The Kier molecular flexibility index (Phi) is 3.38. The SMILES string of the molecule is CN1CCN(Cc2nc(-c3ccccn3)no2)c2cccnc21. The van der Waals surface area contributed by atoms with Gasteiger partial charge in [-0.25, -0.2) is 4.98 Å². The fraction of sp³-hybridized carbons (Fsp3) is 0.250. The molecule has 0 spiro atoms. The van der Waals surface area contributed by atoms with E-state index in [9.17, 15) is 0 Å². The standard InChI is InChI=1S/C16H16N6O/c1-21-9-10-22(13-6-4-8-18-16(13)21)11-14-19-15(20-23-14)12-5-2-3-7-17-12/h2-8H,9-11H2,1H3. The summed E-state index contributed by atoms with van der Waals surface area (Å²) in [5, 5.41) is 4.02. The predicted octanol–water partition coefficient (Wildman–Crippen LogP) is 1.98. The Morgan fingerprint density at radius 2 is 2.00 bits per heavy atom. The van der Waals surface area contributed by atoms with Crippen molar-refractivity contribution in [3.05, 3.63) is 48.6 Å². The lowest BCUT2D eigenvalue weighted by Gasteiger charge is -2.34.